The Morgan fingerprint density at radius 1 is 1.67 bits per heavy atom. The van der Waals surface area contributed by atoms with E-state index in [0.717, 1.165) is 19.3 Å². The van der Waals surface area contributed by atoms with Gasteiger partial charge in [-0.3, -0.25) is 0 Å². The molecule has 0 spiro atoms. The topological polar surface area (TPSA) is 23.9 Å². The van der Waals surface area contributed by atoms with E-state index in [1.807, 2.05) is 6.08 Å². The van der Waals surface area contributed by atoms with E-state index in [4.69, 9.17) is 5.41 Å². The first-order valence-electron chi connectivity index (χ1n) is 3.46. The lowest BCUT2D eigenvalue weighted by molar-refractivity contribution is 0.630. The maximum Gasteiger partial charge on any atom is -0.00137 e. The molecule has 52 valence electrons. The van der Waals surface area contributed by atoms with Crippen LogP contribution >= 0.6 is 0 Å². The monoisotopic (exact) mass is 125 g/mol. The molecule has 0 aromatic carbocycles. The molecule has 0 aliphatic carbocycles. The summed E-state index contributed by atoms with van der Waals surface area (Å²) in [7, 11) is 0. The van der Waals surface area contributed by atoms with Gasteiger partial charge in [0.15, 0.2) is 0 Å². The highest BCUT2D eigenvalue weighted by molar-refractivity contribution is 5.56. The van der Waals surface area contributed by atoms with Crippen LogP contribution in [0.25, 0.3) is 0 Å². The van der Waals surface area contributed by atoms with Gasteiger partial charge in [-0.2, -0.15) is 0 Å². The maximum atomic E-state index is 6.99. The number of hydrogen-bond donors (Lipinski definition) is 1. The molecule has 0 aliphatic rings. The number of nitrogens with one attached hydrogen (secondary N) is 1. The van der Waals surface area contributed by atoms with E-state index in [-0.39, 0.29) is 0 Å². The highest BCUT2D eigenvalue weighted by Crippen LogP contribution is 2.07. The van der Waals surface area contributed by atoms with E-state index in [2.05, 4.69) is 13.5 Å². The van der Waals surface area contributed by atoms with Gasteiger partial charge in [0.05, 0.1) is 0 Å². The third-order valence-corrected chi connectivity index (χ3v) is 1.36. The maximum absolute atomic E-state index is 6.99. The van der Waals surface area contributed by atoms with Gasteiger partial charge < -0.3 is 5.41 Å². The lowest BCUT2D eigenvalue weighted by Crippen LogP contribution is -1.97. The summed E-state index contributed by atoms with van der Waals surface area (Å²) in [6.45, 7) is 5.77. The molecule has 0 radical (unpaired) electrons. The summed E-state index contributed by atoms with van der Waals surface area (Å²) in [6.07, 6.45) is 6.64. The number of rotatable bonds is 5. The van der Waals surface area contributed by atoms with Gasteiger partial charge in [0, 0.05) is 0 Å². The van der Waals surface area contributed by atoms with Crippen LogP contribution in [-0.4, -0.2) is 6.21 Å². The number of hydrogen-bond acceptors (Lipinski definition) is 1. The van der Waals surface area contributed by atoms with Gasteiger partial charge in [-0.15, -0.1) is 6.58 Å². The van der Waals surface area contributed by atoms with Crippen LogP contribution in [0, 0.1) is 11.3 Å². The van der Waals surface area contributed by atoms with E-state index in [0.29, 0.717) is 5.92 Å². The molecule has 0 saturated heterocycles. The smallest absolute Gasteiger partial charge is 0.00137 e. The standard InChI is InChI=1S/C8H15N/c1-3-5-8(7-9)6-4-2/h3,7-9H,1,4-6H2,2H3. The van der Waals surface area contributed by atoms with Gasteiger partial charge in [-0.05, 0) is 25.0 Å². The molecule has 0 aromatic rings. The van der Waals surface area contributed by atoms with Crippen molar-refractivity contribution in [3.8, 4) is 0 Å². The molecule has 0 rings (SSSR count). The second-order valence-corrected chi connectivity index (χ2v) is 2.24. The summed E-state index contributed by atoms with van der Waals surface area (Å²) in [5, 5.41) is 6.99. The van der Waals surface area contributed by atoms with Crippen LogP contribution in [0.2, 0.25) is 0 Å². The van der Waals surface area contributed by atoms with E-state index in [9.17, 15) is 0 Å². The lowest BCUT2D eigenvalue weighted by atomic mass is 10.0. The van der Waals surface area contributed by atoms with Crippen molar-refractivity contribution in [3.63, 3.8) is 0 Å². The molecule has 9 heavy (non-hydrogen) atoms. The van der Waals surface area contributed by atoms with Crippen molar-refractivity contribution in [1.82, 2.24) is 0 Å². The van der Waals surface area contributed by atoms with E-state index in [1.54, 1.807) is 0 Å². The molecule has 1 unspecified atom stereocenters. The predicted molar refractivity (Wildman–Crippen MR) is 42.0 cm³/mol. The Morgan fingerprint density at radius 2 is 2.33 bits per heavy atom. The Labute approximate surface area is 57.3 Å². The summed E-state index contributed by atoms with van der Waals surface area (Å²) in [5.41, 5.74) is 0. The Hall–Kier alpha value is -0.590. The minimum absolute atomic E-state index is 0.437. The zero-order chi connectivity index (χ0) is 7.11. The van der Waals surface area contributed by atoms with Crippen LogP contribution in [0.1, 0.15) is 26.2 Å². The van der Waals surface area contributed by atoms with Gasteiger partial charge in [-0.1, -0.05) is 19.4 Å². The largest absolute Gasteiger partial charge is 0.313 e. The molecular weight excluding hydrogens is 110 g/mol. The fraction of sp³-hybridized carbons (Fsp3) is 0.625. The zero-order valence-electron chi connectivity index (χ0n) is 6.06. The van der Waals surface area contributed by atoms with E-state index < -0.39 is 0 Å². The normalized spacial score (nSPS) is 12.6. The molecule has 0 saturated carbocycles. The van der Waals surface area contributed by atoms with Crippen molar-refractivity contribution < 1.29 is 0 Å². The summed E-state index contributed by atoms with van der Waals surface area (Å²) in [5.74, 6) is 0.437. The molecular formula is C8H15N. The SMILES string of the molecule is C=CCC(C=N)CCC. The van der Waals surface area contributed by atoms with Gasteiger partial charge in [0.25, 0.3) is 0 Å². The Balaban J connectivity index is 3.40. The summed E-state index contributed by atoms with van der Waals surface area (Å²) in [6, 6.07) is 0. The Kier molecular flexibility index (Phi) is 5.18. The third kappa shape index (κ3) is 3.95. The van der Waals surface area contributed by atoms with Crippen LogP contribution in [0.5, 0.6) is 0 Å². The summed E-state index contributed by atoms with van der Waals surface area (Å²) in [4.78, 5) is 0. The molecule has 0 amide bonds. The first-order valence-corrected chi connectivity index (χ1v) is 3.46. The fourth-order valence-electron chi connectivity index (χ4n) is 0.854. The first kappa shape index (κ1) is 8.41. The minimum Gasteiger partial charge on any atom is -0.313 e. The van der Waals surface area contributed by atoms with Gasteiger partial charge in [0.1, 0.15) is 0 Å². The second-order valence-electron chi connectivity index (χ2n) is 2.24. The lowest BCUT2D eigenvalue weighted by Gasteiger charge is -2.04. The van der Waals surface area contributed by atoms with E-state index in [1.165, 1.54) is 6.21 Å². The highest BCUT2D eigenvalue weighted by Gasteiger charge is 1.98. The zero-order valence-corrected chi connectivity index (χ0v) is 6.06. The molecule has 0 bridgehead atoms. The van der Waals surface area contributed by atoms with Crippen molar-refractivity contribution in [2.75, 3.05) is 0 Å². The molecule has 1 N–H and O–H groups in total. The van der Waals surface area contributed by atoms with Crippen LogP contribution in [0.3, 0.4) is 0 Å². The van der Waals surface area contributed by atoms with Crippen LogP contribution < -0.4 is 0 Å². The molecule has 0 fully saturated rings. The summed E-state index contributed by atoms with van der Waals surface area (Å²) >= 11 is 0. The third-order valence-electron chi connectivity index (χ3n) is 1.36. The van der Waals surface area contributed by atoms with Crippen molar-refractivity contribution >= 4 is 6.21 Å². The molecule has 1 nitrogen and oxygen atoms in total. The van der Waals surface area contributed by atoms with E-state index >= 15 is 0 Å². The van der Waals surface area contributed by atoms with Crippen molar-refractivity contribution in [2.24, 2.45) is 5.92 Å². The van der Waals surface area contributed by atoms with Gasteiger partial charge >= 0.3 is 0 Å². The highest BCUT2D eigenvalue weighted by atomic mass is 14.3. The predicted octanol–water partition coefficient (Wildman–Crippen LogP) is 2.63. The average molecular weight is 125 g/mol. The van der Waals surface area contributed by atoms with Crippen LogP contribution in [-0.2, 0) is 0 Å². The van der Waals surface area contributed by atoms with Gasteiger partial charge in [-0.25, -0.2) is 0 Å². The van der Waals surface area contributed by atoms with Gasteiger partial charge in [0.2, 0.25) is 0 Å². The Morgan fingerprint density at radius 3 is 2.67 bits per heavy atom. The molecule has 0 aliphatic heterocycles. The quantitative estimate of drug-likeness (QED) is 0.431. The minimum atomic E-state index is 0.437. The number of allylic oxidation sites excluding steroid dienone is 1. The second kappa shape index (κ2) is 5.54. The molecule has 1 atom stereocenters. The van der Waals surface area contributed by atoms with Crippen molar-refractivity contribution in [3.05, 3.63) is 12.7 Å². The average Bonchev–Trinajstić information content (AvgIpc) is 1.88. The van der Waals surface area contributed by atoms with Crippen LogP contribution in [0.4, 0.5) is 0 Å². The molecule has 1 heteroatoms. The fourth-order valence-corrected chi connectivity index (χ4v) is 0.854. The Bertz CT molecular complexity index is 86.6. The molecule has 0 heterocycles. The van der Waals surface area contributed by atoms with Crippen molar-refractivity contribution in [2.45, 2.75) is 26.2 Å². The first-order chi connectivity index (χ1) is 4.35. The van der Waals surface area contributed by atoms with Crippen LogP contribution in [0.15, 0.2) is 12.7 Å². The van der Waals surface area contributed by atoms with Crippen molar-refractivity contribution in [1.29, 1.82) is 5.41 Å². The summed E-state index contributed by atoms with van der Waals surface area (Å²) < 4.78 is 0. The molecule has 0 aromatic heterocycles.